The van der Waals surface area contributed by atoms with Gasteiger partial charge in [-0.05, 0) is 27.9 Å². The molecule has 0 saturated carbocycles. The summed E-state index contributed by atoms with van der Waals surface area (Å²) in [6.45, 7) is 1.73. The number of nitrogens with zero attached hydrogens (tertiary/aromatic N) is 5. The Morgan fingerprint density at radius 1 is 1.21 bits per heavy atom. The molecular weight excluding hydrogens is 450 g/mol. The Morgan fingerprint density at radius 2 is 2.03 bits per heavy atom. The van der Waals surface area contributed by atoms with Crippen molar-refractivity contribution in [2.24, 2.45) is 7.05 Å². The second-order valence-corrected chi connectivity index (χ2v) is 9.44. The molecule has 1 unspecified atom stereocenters. The predicted molar refractivity (Wildman–Crippen MR) is 120 cm³/mol. The van der Waals surface area contributed by atoms with Gasteiger partial charge in [0.15, 0.2) is 11.6 Å². The van der Waals surface area contributed by atoms with Crippen molar-refractivity contribution in [3.8, 4) is 22.8 Å². The summed E-state index contributed by atoms with van der Waals surface area (Å²) in [4.78, 5) is 17.6. The average Bonchev–Trinajstić information content (AvgIpc) is 3.45. The first-order chi connectivity index (χ1) is 14.2. The normalized spacial score (nSPS) is 16.8. The molecule has 4 aromatic rings. The standard InChI is InChI=1S/C21H20BrN5OS/c1-26-11-9-23-20(26)18-24-19(27-10-8-14(12-27)28-2)16-15(13-6-4-3-5-7-13)17(22)29-21(16)25-18/h3-7,9,11,14H,8,10,12H2,1-2H3. The van der Waals surface area contributed by atoms with Crippen molar-refractivity contribution >= 4 is 43.3 Å². The van der Waals surface area contributed by atoms with Gasteiger partial charge in [0.2, 0.25) is 0 Å². The summed E-state index contributed by atoms with van der Waals surface area (Å²) < 4.78 is 8.62. The second kappa shape index (κ2) is 7.51. The largest absolute Gasteiger partial charge is 0.380 e. The SMILES string of the molecule is COC1CCN(c2nc(-c3nccn3C)nc3sc(Br)c(-c4ccccc4)c23)C1. The van der Waals surface area contributed by atoms with E-state index in [4.69, 9.17) is 14.7 Å². The summed E-state index contributed by atoms with van der Waals surface area (Å²) in [5, 5.41) is 1.09. The number of hydrogen-bond donors (Lipinski definition) is 0. The van der Waals surface area contributed by atoms with Gasteiger partial charge in [0.1, 0.15) is 10.6 Å². The summed E-state index contributed by atoms with van der Waals surface area (Å²) in [6.07, 6.45) is 4.91. The monoisotopic (exact) mass is 469 g/mol. The van der Waals surface area contributed by atoms with Crippen molar-refractivity contribution in [2.45, 2.75) is 12.5 Å². The molecule has 3 aromatic heterocycles. The van der Waals surface area contributed by atoms with E-state index in [2.05, 4.69) is 50.1 Å². The van der Waals surface area contributed by atoms with Gasteiger partial charge in [-0.2, -0.15) is 0 Å². The number of aromatic nitrogens is 4. The van der Waals surface area contributed by atoms with Crippen LogP contribution in [0.15, 0.2) is 46.5 Å². The molecule has 1 fully saturated rings. The molecule has 0 aliphatic carbocycles. The zero-order valence-corrected chi connectivity index (χ0v) is 18.6. The van der Waals surface area contributed by atoms with Crippen molar-refractivity contribution in [2.75, 3.05) is 25.1 Å². The zero-order valence-electron chi connectivity index (χ0n) is 16.2. The molecule has 4 heterocycles. The van der Waals surface area contributed by atoms with Crippen LogP contribution in [-0.2, 0) is 11.8 Å². The number of methoxy groups -OCH3 is 1. The van der Waals surface area contributed by atoms with Gasteiger partial charge in [-0.3, -0.25) is 0 Å². The molecule has 0 radical (unpaired) electrons. The molecule has 1 aliphatic heterocycles. The van der Waals surface area contributed by atoms with E-state index in [1.54, 1.807) is 24.6 Å². The van der Waals surface area contributed by atoms with Crippen LogP contribution in [0, 0.1) is 0 Å². The number of imidazole rings is 1. The van der Waals surface area contributed by atoms with Crippen LogP contribution in [0.25, 0.3) is 33.0 Å². The Labute approximate surface area is 181 Å². The van der Waals surface area contributed by atoms with E-state index >= 15 is 0 Å². The van der Waals surface area contributed by atoms with E-state index in [-0.39, 0.29) is 6.10 Å². The van der Waals surface area contributed by atoms with Crippen LogP contribution in [-0.4, -0.2) is 45.8 Å². The molecule has 5 rings (SSSR count). The highest BCUT2D eigenvalue weighted by molar-refractivity contribution is 9.11. The third-order valence-electron chi connectivity index (χ3n) is 5.35. The summed E-state index contributed by atoms with van der Waals surface area (Å²) >= 11 is 5.43. The molecule has 0 N–H and O–H groups in total. The molecule has 0 amide bonds. The third-order valence-corrected chi connectivity index (χ3v) is 7.11. The van der Waals surface area contributed by atoms with Gasteiger partial charge in [0.25, 0.3) is 0 Å². The van der Waals surface area contributed by atoms with Gasteiger partial charge in [-0.25, -0.2) is 15.0 Å². The predicted octanol–water partition coefficient (Wildman–Crippen LogP) is 4.75. The lowest BCUT2D eigenvalue weighted by Crippen LogP contribution is -2.23. The first kappa shape index (κ1) is 18.7. The lowest BCUT2D eigenvalue weighted by molar-refractivity contribution is 0.121. The molecule has 29 heavy (non-hydrogen) atoms. The van der Waals surface area contributed by atoms with Crippen LogP contribution in [0.5, 0.6) is 0 Å². The topological polar surface area (TPSA) is 56.1 Å². The van der Waals surface area contributed by atoms with Gasteiger partial charge in [-0.1, -0.05) is 30.3 Å². The average molecular weight is 470 g/mol. The van der Waals surface area contributed by atoms with Crippen LogP contribution < -0.4 is 4.90 Å². The van der Waals surface area contributed by atoms with Crippen molar-refractivity contribution in [1.82, 2.24) is 19.5 Å². The third kappa shape index (κ3) is 3.25. The lowest BCUT2D eigenvalue weighted by Gasteiger charge is -2.20. The van der Waals surface area contributed by atoms with Gasteiger partial charge < -0.3 is 14.2 Å². The molecule has 8 heteroatoms. The molecule has 148 valence electrons. The highest BCUT2D eigenvalue weighted by Gasteiger charge is 2.29. The van der Waals surface area contributed by atoms with Gasteiger partial charge in [-0.15, -0.1) is 11.3 Å². The minimum absolute atomic E-state index is 0.221. The summed E-state index contributed by atoms with van der Waals surface area (Å²) in [5.41, 5.74) is 2.30. The molecule has 1 atom stereocenters. The van der Waals surface area contributed by atoms with Gasteiger partial charge >= 0.3 is 0 Å². The molecule has 1 aromatic carbocycles. The van der Waals surface area contributed by atoms with E-state index in [0.717, 1.165) is 56.3 Å². The number of rotatable bonds is 4. The van der Waals surface area contributed by atoms with Crippen molar-refractivity contribution in [3.05, 3.63) is 46.5 Å². The van der Waals surface area contributed by atoms with Crippen LogP contribution in [0.2, 0.25) is 0 Å². The summed E-state index contributed by atoms with van der Waals surface area (Å²) in [7, 11) is 3.74. The number of fused-ring (bicyclic) bond motifs is 1. The van der Waals surface area contributed by atoms with Gasteiger partial charge in [0, 0.05) is 45.2 Å². The van der Waals surface area contributed by atoms with Crippen LogP contribution >= 0.6 is 27.3 Å². The van der Waals surface area contributed by atoms with E-state index in [0.29, 0.717) is 5.82 Å². The van der Waals surface area contributed by atoms with E-state index < -0.39 is 0 Å². The van der Waals surface area contributed by atoms with Crippen molar-refractivity contribution < 1.29 is 4.74 Å². The van der Waals surface area contributed by atoms with E-state index in [9.17, 15) is 0 Å². The van der Waals surface area contributed by atoms with Crippen LogP contribution in [0.3, 0.4) is 0 Å². The van der Waals surface area contributed by atoms with E-state index in [1.165, 1.54) is 0 Å². The lowest BCUT2D eigenvalue weighted by atomic mass is 10.1. The molecular formula is C21H20BrN5OS. The first-order valence-electron chi connectivity index (χ1n) is 9.46. The van der Waals surface area contributed by atoms with E-state index in [1.807, 2.05) is 23.9 Å². The Balaban J connectivity index is 1.76. The highest BCUT2D eigenvalue weighted by Crippen LogP contribution is 2.46. The fourth-order valence-corrected chi connectivity index (χ4v) is 5.65. The second-order valence-electron chi connectivity index (χ2n) is 7.12. The summed E-state index contributed by atoms with van der Waals surface area (Å²) in [5.74, 6) is 2.36. The zero-order chi connectivity index (χ0) is 20.0. The number of anilines is 1. The molecule has 0 spiro atoms. The van der Waals surface area contributed by atoms with Gasteiger partial charge in [0.05, 0.1) is 15.3 Å². The Morgan fingerprint density at radius 3 is 2.72 bits per heavy atom. The molecule has 0 bridgehead atoms. The molecule has 1 aliphatic rings. The number of thiophene rings is 1. The maximum absolute atomic E-state index is 5.61. The smallest absolute Gasteiger partial charge is 0.199 e. The Hall–Kier alpha value is -2.29. The minimum Gasteiger partial charge on any atom is -0.380 e. The summed E-state index contributed by atoms with van der Waals surface area (Å²) in [6, 6.07) is 10.4. The fourth-order valence-electron chi connectivity index (χ4n) is 3.84. The maximum Gasteiger partial charge on any atom is 0.199 e. The number of halogens is 1. The fraction of sp³-hybridized carbons (Fsp3) is 0.286. The number of aryl methyl sites for hydroxylation is 1. The Bertz CT molecular complexity index is 1170. The Kier molecular flexibility index (Phi) is 4.85. The number of hydrogen-bond acceptors (Lipinski definition) is 6. The molecule has 6 nitrogen and oxygen atoms in total. The minimum atomic E-state index is 0.221. The van der Waals surface area contributed by atoms with Crippen molar-refractivity contribution in [1.29, 1.82) is 0 Å². The molecule has 1 saturated heterocycles. The van der Waals surface area contributed by atoms with Crippen molar-refractivity contribution in [3.63, 3.8) is 0 Å². The van der Waals surface area contributed by atoms with Crippen LogP contribution in [0.4, 0.5) is 5.82 Å². The highest BCUT2D eigenvalue weighted by atomic mass is 79.9. The number of benzene rings is 1. The number of ether oxygens (including phenoxy) is 1. The first-order valence-corrected chi connectivity index (χ1v) is 11.1. The maximum atomic E-state index is 5.61. The quantitative estimate of drug-likeness (QED) is 0.431. The van der Waals surface area contributed by atoms with Crippen LogP contribution in [0.1, 0.15) is 6.42 Å².